The molecule has 3 heterocycles. The predicted molar refractivity (Wildman–Crippen MR) is 158 cm³/mol. The molecule has 0 radical (unpaired) electrons. The van der Waals surface area contributed by atoms with Crippen LogP contribution in [0.4, 0.5) is 13.2 Å². The first-order valence-corrected chi connectivity index (χ1v) is 16.9. The van der Waals surface area contributed by atoms with Gasteiger partial charge < -0.3 is 18.8 Å². The Hall–Kier alpha value is -2.99. The molecule has 1 aliphatic rings. The van der Waals surface area contributed by atoms with E-state index in [0.29, 0.717) is 28.0 Å². The van der Waals surface area contributed by atoms with Crippen molar-refractivity contribution in [3.05, 3.63) is 70.8 Å². The van der Waals surface area contributed by atoms with Crippen LogP contribution in [0.1, 0.15) is 70.4 Å². The molecule has 2 aromatic carbocycles. The molecule has 1 aliphatic heterocycles. The van der Waals surface area contributed by atoms with Gasteiger partial charge in [0.25, 0.3) is 0 Å². The molecule has 7 nitrogen and oxygen atoms in total. The molecule has 0 saturated heterocycles. The first-order valence-electron chi connectivity index (χ1n) is 13.7. The van der Waals surface area contributed by atoms with Crippen LogP contribution >= 0.6 is 11.6 Å². The molecule has 0 fully saturated rings. The Balaban J connectivity index is 1.56. The van der Waals surface area contributed by atoms with E-state index < -0.39 is 38.5 Å². The first-order chi connectivity index (χ1) is 19.5. The van der Waals surface area contributed by atoms with Crippen molar-refractivity contribution in [2.45, 2.75) is 83.5 Å². The van der Waals surface area contributed by atoms with Crippen LogP contribution < -0.4 is 4.74 Å². The van der Waals surface area contributed by atoms with Crippen LogP contribution in [0.5, 0.6) is 5.75 Å². The highest BCUT2D eigenvalue weighted by Crippen LogP contribution is 2.47. The lowest BCUT2D eigenvalue weighted by Gasteiger charge is -2.42. The van der Waals surface area contributed by atoms with Gasteiger partial charge in [-0.1, -0.05) is 38.4 Å². The summed E-state index contributed by atoms with van der Waals surface area (Å²) in [7, 11) is -2.13. The second-order valence-electron chi connectivity index (χ2n) is 12.6. The summed E-state index contributed by atoms with van der Waals surface area (Å²) in [5.74, 6) is 0.123. The molecule has 0 bridgehead atoms. The third-order valence-corrected chi connectivity index (χ3v) is 13.2. The van der Waals surface area contributed by atoms with E-state index in [1.54, 1.807) is 29.1 Å². The number of ether oxygens (including phenoxy) is 1. The zero-order chi connectivity index (χ0) is 30.8. The van der Waals surface area contributed by atoms with Gasteiger partial charge in [-0.15, -0.1) is 0 Å². The minimum absolute atomic E-state index is 0.00396. The summed E-state index contributed by atoms with van der Waals surface area (Å²) in [5.41, 5.74) is 0.997. The van der Waals surface area contributed by atoms with Crippen molar-refractivity contribution in [1.29, 1.82) is 0 Å². The van der Waals surface area contributed by atoms with Crippen molar-refractivity contribution in [2.24, 2.45) is 0 Å². The van der Waals surface area contributed by atoms with E-state index in [1.165, 1.54) is 18.2 Å². The number of aliphatic hydroxyl groups excluding tert-OH is 1. The molecule has 4 aromatic rings. The number of rotatable bonds is 7. The summed E-state index contributed by atoms with van der Waals surface area (Å²) in [6, 6.07) is 6.69. The van der Waals surface area contributed by atoms with E-state index in [0.717, 1.165) is 0 Å². The van der Waals surface area contributed by atoms with E-state index in [4.69, 9.17) is 20.8 Å². The summed E-state index contributed by atoms with van der Waals surface area (Å²) in [6.45, 7) is 11.6. The summed E-state index contributed by atoms with van der Waals surface area (Å²) in [5, 5.41) is 11.0. The Morgan fingerprint density at radius 1 is 1.10 bits per heavy atom. The van der Waals surface area contributed by atoms with Gasteiger partial charge in [0, 0.05) is 46.6 Å². The fraction of sp³-hybridized carbons (Fsp3) is 0.433. The molecule has 2 atom stereocenters. The molecule has 1 N–H and O–H groups in total. The van der Waals surface area contributed by atoms with Crippen molar-refractivity contribution in [2.75, 3.05) is 0 Å². The normalized spacial score (nSPS) is 17.7. The van der Waals surface area contributed by atoms with Crippen LogP contribution in [-0.2, 0) is 10.0 Å². The van der Waals surface area contributed by atoms with Crippen molar-refractivity contribution in [3.8, 4) is 16.9 Å². The van der Waals surface area contributed by atoms with Gasteiger partial charge in [0.2, 0.25) is 0 Å². The van der Waals surface area contributed by atoms with Gasteiger partial charge in [0.15, 0.2) is 14.1 Å². The minimum Gasteiger partial charge on any atom is -0.434 e. The highest BCUT2D eigenvalue weighted by molar-refractivity contribution is 6.74. The molecule has 0 spiro atoms. The summed E-state index contributed by atoms with van der Waals surface area (Å²) >= 11 is 6.47. The first kappa shape index (κ1) is 30.5. The van der Waals surface area contributed by atoms with Gasteiger partial charge in [-0.25, -0.2) is 19.3 Å². The molecule has 2 aromatic heterocycles. The van der Waals surface area contributed by atoms with Crippen molar-refractivity contribution in [1.82, 2.24) is 19.5 Å². The molecular formula is C30H34ClF3N4O3Si. The zero-order valence-corrected chi connectivity index (χ0v) is 26.3. The number of halogens is 4. The maximum atomic E-state index is 15.4. The van der Waals surface area contributed by atoms with E-state index in [9.17, 15) is 13.9 Å². The highest BCUT2D eigenvalue weighted by Gasteiger charge is 2.43. The second kappa shape index (κ2) is 10.6. The quantitative estimate of drug-likeness (QED) is 0.210. The van der Waals surface area contributed by atoms with Crippen molar-refractivity contribution < 1.29 is 27.4 Å². The third-order valence-electron chi connectivity index (χ3n) is 8.24. The standard InChI is InChI=1S/C30H34ClF3N4O3Si/c1-29(2,3)42(6,7)41-30(4,5)27-35-14-16(15-36-27)17-11-21-20(12-19(17)32)37-26-23(39)13-22(38(21)26)25-18(31)9-8-10-24(25)40-28(33)34/h8-12,14-15,22-23,28,39H,13H2,1-7H3/t22-,23+/m1/s1. The third kappa shape index (κ3) is 5.43. The molecular weight excluding hydrogens is 585 g/mol. The van der Waals surface area contributed by atoms with Crippen LogP contribution in [-0.4, -0.2) is 39.6 Å². The van der Waals surface area contributed by atoms with Gasteiger partial charge in [0.1, 0.15) is 29.1 Å². The molecule has 0 saturated carbocycles. The maximum absolute atomic E-state index is 15.4. The number of fused-ring (bicyclic) bond motifs is 3. The molecule has 12 heteroatoms. The number of alkyl halides is 2. The number of aliphatic hydroxyl groups is 1. The van der Waals surface area contributed by atoms with Crippen molar-refractivity contribution in [3.63, 3.8) is 0 Å². The molecule has 42 heavy (non-hydrogen) atoms. The average Bonchev–Trinajstić information content (AvgIpc) is 3.38. The topological polar surface area (TPSA) is 82.3 Å². The predicted octanol–water partition coefficient (Wildman–Crippen LogP) is 8.17. The number of hydrogen-bond donors (Lipinski definition) is 1. The number of aromatic nitrogens is 4. The summed E-state index contributed by atoms with van der Waals surface area (Å²) in [6.07, 6.45) is 2.23. The fourth-order valence-electron chi connectivity index (χ4n) is 5.24. The second-order valence-corrected chi connectivity index (χ2v) is 17.8. The maximum Gasteiger partial charge on any atom is 0.387 e. The lowest BCUT2D eigenvalue weighted by Crippen LogP contribution is -2.46. The Labute approximate surface area is 248 Å². The summed E-state index contributed by atoms with van der Waals surface area (Å²) < 4.78 is 54.9. The van der Waals surface area contributed by atoms with E-state index in [1.807, 2.05) is 13.8 Å². The van der Waals surface area contributed by atoms with Gasteiger partial charge in [-0.05, 0) is 50.2 Å². The van der Waals surface area contributed by atoms with Gasteiger partial charge in [0.05, 0.1) is 17.1 Å². The number of benzene rings is 2. The van der Waals surface area contributed by atoms with E-state index in [2.05, 4.69) is 48.8 Å². The Morgan fingerprint density at radius 2 is 1.76 bits per heavy atom. The zero-order valence-electron chi connectivity index (χ0n) is 24.5. The minimum atomic E-state index is -3.06. The number of imidazole rings is 1. The number of hydrogen-bond acceptors (Lipinski definition) is 6. The smallest absolute Gasteiger partial charge is 0.387 e. The SMILES string of the molecule is CC(C)(O[Si](C)(C)C(C)(C)C)c1ncc(-c2cc3c(cc2F)nc2n3[C@@H](c3c(Cl)cccc3OC(F)F)C[C@@H]2O)cn1. The monoisotopic (exact) mass is 618 g/mol. The van der Waals surface area contributed by atoms with Crippen LogP contribution in [0.15, 0.2) is 42.7 Å². The van der Waals surface area contributed by atoms with Gasteiger partial charge >= 0.3 is 6.61 Å². The largest absolute Gasteiger partial charge is 0.434 e. The van der Waals surface area contributed by atoms with Crippen LogP contribution in [0.3, 0.4) is 0 Å². The van der Waals surface area contributed by atoms with Gasteiger partial charge in [-0.3, -0.25) is 0 Å². The van der Waals surface area contributed by atoms with E-state index >= 15 is 4.39 Å². The molecule has 5 rings (SSSR count). The van der Waals surface area contributed by atoms with Crippen LogP contribution in [0.25, 0.3) is 22.2 Å². The fourth-order valence-corrected chi connectivity index (χ4v) is 7.21. The lowest BCUT2D eigenvalue weighted by atomic mass is 10.0. The lowest BCUT2D eigenvalue weighted by molar-refractivity contribution is -0.0507. The van der Waals surface area contributed by atoms with Crippen LogP contribution in [0.2, 0.25) is 23.2 Å². The Bertz CT molecular complexity index is 1640. The molecule has 224 valence electrons. The number of nitrogens with zero attached hydrogens (tertiary/aromatic N) is 4. The molecule has 0 aliphatic carbocycles. The average molecular weight is 619 g/mol. The Morgan fingerprint density at radius 3 is 2.38 bits per heavy atom. The highest BCUT2D eigenvalue weighted by atomic mass is 35.5. The van der Waals surface area contributed by atoms with Crippen molar-refractivity contribution >= 4 is 31.0 Å². The van der Waals surface area contributed by atoms with E-state index in [-0.39, 0.29) is 33.6 Å². The molecule has 0 amide bonds. The van der Waals surface area contributed by atoms with Crippen LogP contribution in [0, 0.1) is 5.82 Å². The summed E-state index contributed by atoms with van der Waals surface area (Å²) in [4.78, 5) is 13.6. The molecule has 0 unspecified atom stereocenters. The Kier molecular flexibility index (Phi) is 7.70. The van der Waals surface area contributed by atoms with Gasteiger partial charge in [-0.2, -0.15) is 8.78 Å².